The van der Waals surface area contributed by atoms with E-state index >= 15 is 0 Å². The van der Waals surface area contributed by atoms with Gasteiger partial charge in [-0.1, -0.05) is 24.3 Å². The van der Waals surface area contributed by atoms with Crippen LogP contribution in [-0.2, 0) is 6.42 Å². The van der Waals surface area contributed by atoms with Crippen LogP contribution < -0.4 is 9.47 Å². The molecule has 1 N–H and O–H groups in total. The lowest BCUT2D eigenvalue weighted by molar-refractivity contribution is 0.0831. The highest BCUT2D eigenvalue weighted by Gasteiger charge is 2.40. The number of β-amino-alcohol motifs (C(OH)–C–C–N with tert-alkyl or cyclic N) is 1. The molecule has 0 bridgehead atoms. The Morgan fingerprint density at radius 1 is 1.23 bits per heavy atom. The van der Waals surface area contributed by atoms with Crippen LogP contribution in [-0.4, -0.2) is 30.4 Å². The van der Waals surface area contributed by atoms with E-state index in [9.17, 15) is 5.11 Å². The maximum atomic E-state index is 10.5. The normalized spacial score (nSPS) is 24.8. The second-order valence-electron chi connectivity index (χ2n) is 6.32. The standard InChI is InChI=1S/C18H17NO3/c1-19-8-14(20)12-7-15-18(22-9-21-15)17-11-5-3-2-4-10(11)6-13(19)16(12)17/h2-5,7,13-14,20H,6,8-9H2,1H3/t13-,14-/m1/s1. The van der Waals surface area contributed by atoms with Gasteiger partial charge in [-0.3, -0.25) is 4.90 Å². The summed E-state index contributed by atoms with van der Waals surface area (Å²) >= 11 is 0. The zero-order valence-electron chi connectivity index (χ0n) is 12.4. The first-order valence-corrected chi connectivity index (χ1v) is 7.67. The first-order chi connectivity index (χ1) is 10.7. The molecule has 0 radical (unpaired) electrons. The summed E-state index contributed by atoms with van der Waals surface area (Å²) in [5.74, 6) is 1.59. The molecule has 2 aromatic carbocycles. The van der Waals surface area contributed by atoms with Crippen LogP contribution in [0.1, 0.15) is 28.8 Å². The third-order valence-electron chi connectivity index (χ3n) is 5.12. The Kier molecular flexibility index (Phi) is 2.41. The molecule has 5 rings (SSSR count). The van der Waals surface area contributed by atoms with Crippen LogP contribution in [0.5, 0.6) is 11.5 Å². The fourth-order valence-corrected chi connectivity index (χ4v) is 4.11. The van der Waals surface area contributed by atoms with Gasteiger partial charge in [0, 0.05) is 18.2 Å². The lowest BCUT2D eigenvalue weighted by atomic mass is 9.76. The van der Waals surface area contributed by atoms with Gasteiger partial charge in [-0.05, 0) is 41.8 Å². The molecule has 4 heteroatoms. The van der Waals surface area contributed by atoms with Crippen molar-refractivity contribution < 1.29 is 14.6 Å². The summed E-state index contributed by atoms with van der Waals surface area (Å²) in [7, 11) is 2.08. The predicted octanol–water partition coefficient (Wildman–Crippen LogP) is 2.66. The van der Waals surface area contributed by atoms with E-state index in [0.29, 0.717) is 6.54 Å². The number of aliphatic hydroxyl groups is 1. The Bertz CT molecular complexity index is 786. The van der Waals surface area contributed by atoms with Crippen molar-refractivity contribution >= 4 is 0 Å². The second kappa shape index (κ2) is 4.24. The van der Waals surface area contributed by atoms with Crippen molar-refractivity contribution in [3.8, 4) is 22.6 Å². The first-order valence-electron chi connectivity index (χ1n) is 7.67. The Morgan fingerprint density at radius 2 is 2.09 bits per heavy atom. The van der Waals surface area contributed by atoms with E-state index in [1.165, 1.54) is 16.7 Å². The van der Waals surface area contributed by atoms with Crippen LogP contribution >= 0.6 is 0 Å². The predicted molar refractivity (Wildman–Crippen MR) is 82.0 cm³/mol. The highest BCUT2D eigenvalue weighted by Crippen LogP contribution is 2.54. The number of ether oxygens (including phenoxy) is 2. The van der Waals surface area contributed by atoms with E-state index in [-0.39, 0.29) is 12.8 Å². The molecule has 0 fully saturated rings. The van der Waals surface area contributed by atoms with Gasteiger partial charge in [0.25, 0.3) is 0 Å². The highest BCUT2D eigenvalue weighted by molar-refractivity contribution is 5.84. The first kappa shape index (κ1) is 12.5. The lowest BCUT2D eigenvalue weighted by Gasteiger charge is -2.41. The molecule has 0 spiro atoms. The van der Waals surface area contributed by atoms with Crippen LogP contribution in [0.3, 0.4) is 0 Å². The molecule has 3 aliphatic rings. The number of fused-ring (bicyclic) bond motifs is 4. The van der Waals surface area contributed by atoms with Crippen molar-refractivity contribution in [2.45, 2.75) is 18.6 Å². The molecule has 1 aliphatic carbocycles. The molecule has 2 aliphatic heterocycles. The summed E-state index contributed by atoms with van der Waals surface area (Å²) in [5.41, 5.74) is 5.86. The molecule has 2 aromatic rings. The Hall–Kier alpha value is -2.04. The third kappa shape index (κ3) is 1.49. The van der Waals surface area contributed by atoms with Gasteiger partial charge >= 0.3 is 0 Å². The van der Waals surface area contributed by atoms with E-state index in [2.05, 4.69) is 36.2 Å². The van der Waals surface area contributed by atoms with Gasteiger partial charge in [0.05, 0.1) is 6.10 Å². The van der Waals surface area contributed by atoms with Crippen LogP contribution in [0.15, 0.2) is 30.3 Å². The molecule has 0 saturated carbocycles. The number of nitrogens with zero attached hydrogens (tertiary/aromatic N) is 1. The molecule has 2 atom stereocenters. The van der Waals surface area contributed by atoms with Crippen molar-refractivity contribution in [1.29, 1.82) is 0 Å². The van der Waals surface area contributed by atoms with E-state index in [0.717, 1.165) is 29.0 Å². The number of benzene rings is 2. The zero-order chi connectivity index (χ0) is 14.8. The summed E-state index contributed by atoms with van der Waals surface area (Å²) in [5, 5.41) is 10.5. The van der Waals surface area contributed by atoms with Gasteiger partial charge in [-0.2, -0.15) is 0 Å². The zero-order valence-corrected chi connectivity index (χ0v) is 12.4. The Labute approximate surface area is 128 Å². The summed E-state index contributed by atoms with van der Waals surface area (Å²) in [4.78, 5) is 2.24. The Balaban J connectivity index is 1.90. The minimum atomic E-state index is -0.477. The number of hydrogen-bond acceptors (Lipinski definition) is 4. The van der Waals surface area contributed by atoms with E-state index < -0.39 is 6.10 Å². The van der Waals surface area contributed by atoms with Crippen LogP contribution in [0, 0.1) is 0 Å². The van der Waals surface area contributed by atoms with Crippen molar-refractivity contribution in [3.63, 3.8) is 0 Å². The molecular weight excluding hydrogens is 278 g/mol. The van der Waals surface area contributed by atoms with Gasteiger partial charge in [0.15, 0.2) is 11.5 Å². The molecule has 22 heavy (non-hydrogen) atoms. The van der Waals surface area contributed by atoms with Gasteiger partial charge in [0.2, 0.25) is 6.79 Å². The maximum Gasteiger partial charge on any atom is 0.231 e. The topological polar surface area (TPSA) is 41.9 Å². The molecular formula is C18H17NO3. The number of likely N-dealkylation sites (N-methyl/N-ethyl adjacent to an activating group) is 1. The maximum absolute atomic E-state index is 10.5. The van der Waals surface area contributed by atoms with Gasteiger partial charge in [-0.15, -0.1) is 0 Å². The third-order valence-corrected chi connectivity index (χ3v) is 5.12. The van der Waals surface area contributed by atoms with E-state index in [1.54, 1.807) is 0 Å². The van der Waals surface area contributed by atoms with Gasteiger partial charge in [-0.25, -0.2) is 0 Å². The molecule has 0 amide bonds. The summed E-state index contributed by atoms with van der Waals surface area (Å²) < 4.78 is 11.4. The fraction of sp³-hybridized carbons (Fsp3) is 0.333. The Morgan fingerprint density at radius 3 is 3.00 bits per heavy atom. The largest absolute Gasteiger partial charge is 0.454 e. The van der Waals surface area contributed by atoms with Crippen molar-refractivity contribution in [2.75, 3.05) is 20.4 Å². The highest BCUT2D eigenvalue weighted by atomic mass is 16.7. The quantitative estimate of drug-likeness (QED) is 0.811. The molecule has 112 valence electrons. The van der Waals surface area contributed by atoms with Gasteiger partial charge in [0.1, 0.15) is 0 Å². The van der Waals surface area contributed by atoms with Crippen LogP contribution in [0.4, 0.5) is 0 Å². The minimum Gasteiger partial charge on any atom is -0.454 e. The fourth-order valence-electron chi connectivity index (χ4n) is 4.11. The van der Waals surface area contributed by atoms with Crippen molar-refractivity contribution in [2.24, 2.45) is 0 Å². The second-order valence-corrected chi connectivity index (χ2v) is 6.32. The average Bonchev–Trinajstić information content (AvgIpc) is 3.00. The molecule has 2 heterocycles. The molecule has 0 aromatic heterocycles. The summed E-state index contributed by atoms with van der Waals surface area (Å²) in [6, 6.07) is 10.7. The summed E-state index contributed by atoms with van der Waals surface area (Å²) in [6.45, 7) is 0.906. The molecule has 4 nitrogen and oxygen atoms in total. The average molecular weight is 295 g/mol. The van der Waals surface area contributed by atoms with Crippen molar-refractivity contribution in [3.05, 3.63) is 47.0 Å². The minimum absolute atomic E-state index is 0.254. The lowest BCUT2D eigenvalue weighted by Crippen LogP contribution is -2.38. The van der Waals surface area contributed by atoms with Crippen molar-refractivity contribution in [1.82, 2.24) is 4.90 Å². The molecule has 0 unspecified atom stereocenters. The van der Waals surface area contributed by atoms with Gasteiger partial charge < -0.3 is 14.6 Å². The summed E-state index contributed by atoms with van der Waals surface area (Å²) in [6.07, 6.45) is 0.494. The number of rotatable bonds is 0. The monoisotopic (exact) mass is 295 g/mol. The number of aliphatic hydroxyl groups excluding tert-OH is 1. The smallest absolute Gasteiger partial charge is 0.231 e. The van der Waals surface area contributed by atoms with E-state index in [4.69, 9.17) is 9.47 Å². The number of hydrogen-bond donors (Lipinski definition) is 1. The van der Waals surface area contributed by atoms with Crippen LogP contribution in [0.2, 0.25) is 0 Å². The van der Waals surface area contributed by atoms with E-state index in [1.807, 2.05) is 6.07 Å². The molecule has 0 saturated heterocycles. The SMILES string of the molecule is CN1C[C@@H](O)c2cc3c(c4c2[C@H]1Cc1ccccc1-4)OCO3. The van der Waals surface area contributed by atoms with Crippen LogP contribution in [0.25, 0.3) is 11.1 Å².